The van der Waals surface area contributed by atoms with Crippen molar-refractivity contribution in [3.05, 3.63) is 73.1 Å². The largest absolute Gasteiger partial charge is 0.326 e. The van der Waals surface area contributed by atoms with Gasteiger partial charge in [0.2, 0.25) is 11.8 Å². The van der Waals surface area contributed by atoms with E-state index in [-0.39, 0.29) is 28.9 Å². The maximum Gasteiger partial charge on any atom is 0.284 e. The smallest absolute Gasteiger partial charge is 0.284 e. The Morgan fingerprint density at radius 2 is 1.87 bits per heavy atom. The molecule has 30 heavy (non-hydrogen) atoms. The monoisotopic (exact) mass is 447 g/mol. The van der Waals surface area contributed by atoms with E-state index in [1.807, 2.05) is 6.07 Å². The van der Waals surface area contributed by atoms with E-state index in [0.717, 1.165) is 36.0 Å². The van der Waals surface area contributed by atoms with Gasteiger partial charge in [-0.25, -0.2) is 4.39 Å². The SMILES string of the molecule is C=CCN1C(=O)[C@H](CC(=O)Nc2ccccc2)SC1=NS(=O)(=O)c1ccc(F)cc1. The number of sulfonamides is 1. The number of benzene rings is 2. The summed E-state index contributed by atoms with van der Waals surface area (Å²) < 4.78 is 42.0. The van der Waals surface area contributed by atoms with Crippen LogP contribution in [0.5, 0.6) is 0 Å². The molecular formula is C20H18FN3O4S2. The Morgan fingerprint density at radius 3 is 2.50 bits per heavy atom. The summed E-state index contributed by atoms with van der Waals surface area (Å²) >= 11 is 0.895. The summed E-state index contributed by atoms with van der Waals surface area (Å²) in [6.45, 7) is 3.61. The van der Waals surface area contributed by atoms with Crippen molar-refractivity contribution in [2.75, 3.05) is 11.9 Å². The molecule has 7 nitrogen and oxygen atoms in total. The average Bonchev–Trinajstić information content (AvgIpc) is 2.97. The normalized spacial score (nSPS) is 17.9. The molecule has 1 saturated heterocycles. The van der Waals surface area contributed by atoms with Gasteiger partial charge >= 0.3 is 0 Å². The summed E-state index contributed by atoms with van der Waals surface area (Å²) in [7, 11) is -4.16. The third-order valence-electron chi connectivity index (χ3n) is 4.07. The first kappa shape index (κ1) is 21.7. The van der Waals surface area contributed by atoms with Gasteiger partial charge < -0.3 is 5.32 Å². The van der Waals surface area contributed by atoms with Crippen molar-refractivity contribution in [2.45, 2.75) is 16.6 Å². The van der Waals surface area contributed by atoms with Gasteiger partial charge in [-0.15, -0.1) is 11.0 Å². The molecule has 2 aromatic rings. The summed E-state index contributed by atoms with van der Waals surface area (Å²) in [5.41, 5.74) is 0.591. The molecule has 2 aromatic carbocycles. The molecule has 0 saturated carbocycles. The Balaban J connectivity index is 1.80. The van der Waals surface area contributed by atoms with Crippen molar-refractivity contribution in [1.29, 1.82) is 0 Å². The molecule has 0 radical (unpaired) electrons. The fourth-order valence-corrected chi connectivity index (χ4v) is 5.04. The summed E-state index contributed by atoms with van der Waals surface area (Å²) in [6.07, 6.45) is 1.28. The Kier molecular flexibility index (Phi) is 6.68. The van der Waals surface area contributed by atoms with Crippen LogP contribution in [0, 0.1) is 5.82 Å². The van der Waals surface area contributed by atoms with Gasteiger partial charge in [-0.3, -0.25) is 14.5 Å². The number of carbonyl (C=O) groups excluding carboxylic acids is 2. The second kappa shape index (κ2) is 9.23. The highest BCUT2D eigenvalue weighted by atomic mass is 32.2. The van der Waals surface area contributed by atoms with Crippen LogP contribution in [-0.2, 0) is 19.6 Å². The number of nitrogens with zero attached hydrogens (tertiary/aromatic N) is 2. The van der Waals surface area contributed by atoms with E-state index >= 15 is 0 Å². The lowest BCUT2D eigenvalue weighted by molar-refractivity contribution is -0.127. The molecule has 156 valence electrons. The second-order valence-corrected chi connectivity index (χ2v) is 9.04. The number of carbonyl (C=O) groups is 2. The van der Waals surface area contributed by atoms with Crippen LogP contribution in [0.4, 0.5) is 10.1 Å². The molecule has 1 aliphatic rings. The van der Waals surface area contributed by atoms with Gasteiger partial charge in [-0.05, 0) is 36.4 Å². The second-order valence-electron chi connectivity index (χ2n) is 6.27. The summed E-state index contributed by atoms with van der Waals surface area (Å²) in [5.74, 6) is -1.39. The van der Waals surface area contributed by atoms with E-state index in [2.05, 4.69) is 16.3 Å². The standard InChI is InChI=1S/C20H18FN3O4S2/c1-2-12-24-19(26)17(13-18(25)22-15-6-4-3-5-7-15)29-20(24)23-30(27,28)16-10-8-14(21)9-11-16/h2-11,17H,1,12-13H2,(H,22,25)/t17-/m0/s1. The third kappa shape index (κ3) is 5.14. The predicted octanol–water partition coefficient (Wildman–Crippen LogP) is 3.03. The maximum absolute atomic E-state index is 13.1. The number of anilines is 1. The number of halogens is 1. The Morgan fingerprint density at radius 1 is 1.20 bits per heavy atom. The summed E-state index contributed by atoms with van der Waals surface area (Å²) in [6, 6.07) is 13.0. The molecule has 1 heterocycles. The van der Waals surface area contributed by atoms with Crippen molar-refractivity contribution in [1.82, 2.24) is 4.90 Å². The number of rotatable bonds is 7. The van der Waals surface area contributed by atoms with Crippen molar-refractivity contribution in [3.63, 3.8) is 0 Å². The molecular weight excluding hydrogens is 429 g/mol. The van der Waals surface area contributed by atoms with Crippen molar-refractivity contribution in [2.24, 2.45) is 4.40 Å². The van der Waals surface area contributed by atoms with Gasteiger partial charge in [0.15, 0.2) is 5.17 Å². The van der Waals surface area contributed by atoms with Gasteiger partial charge in [0.1, 0.15) is 11.1 Å². The maximum atomic E-state index is 13.1. The van der Waals surface area contributed by atoms with Crippen molar-refractivity contribution >= 4 is 44.5 Å². The fraction of sp³-hybridized carbons (Fsp3) is 0.150. The van der Waals surface area contributed by atoms with Crippen LogP contribution in [0.15, 0.2) is 76.5 Å². The first-order chi connectivity index (χ1) is 14.3. The molecule has 0 aromatic heterocycles. The number of thioether (sulfide) groups is 1. The van der Waals surface area contributed by atoms with Crippen molar-refractivity contribution in [3.8, 4) is 0 Å². The van der Waals surface area contributed by atoms with Crippen LogP contribution in [0.25, 0.3) is 0 Å². The lowest BCUT2D eigenvalue weighted by Gasteiger charge is -2.13. The van der Waals surface area contributed by atoms with E-state index < -0.39 is 27.0 Å². The molecule has 1 atom stereocenters. The number of hydrogen-bond acceptors (Lipinski definition) is 5. The van der Waals surface area contributed by atoms with Crippen LogP contribution in [0.3, 0.4) is 0 Å². The van der Waals surface area contributed by atoms with E-state index in [1.165, 1.54) is 11.0 Å². The lowest BCUT2D eigenvalue weighted by atomic mass is 10.2. The van der Waals surface area contributed by atoms with Crippen LogP contribution < -0.4 is 5.32 Å². The van der Waals surface area contributed by atoms with E-state index in [1.54, 1.807) is 24.3 Å². The predicted molar refractivity (Wildman–Crippen MR) is 114 cm³/mol. The van der Waals surface area contributed by atoms with Gasteiger partial charge in [-0.2, -0.15) is 8.42 Å². The minimum atomic E-state index is -4.16. The number of hydrogen-bond donors (Lipinski definition) is 1. The molecule has 2 amide bonds. The molecule has 0 unspecified atom stereocenters. The van der Waals surface area contributed by atoms with E-state index in [4.69, 9.17) is 0 Å². The number of nitrogens with one attached hydrogen (secondary N) is 1. The zero-order valence-corrected chi connectivity index (χ0v) is 17.3. The van der Waals surface area contributed by atoms with Crippen LogP contribution in [0.2, 0.25) is 0 Å². The molecule has 1 aliphatic heterocycles. The van der Waals surface area contributed by atoms with Crippen LogP contribution >= 0.6 is 11.8 Å². The minimum absolute atomic E-state index is 0.0421. The van der Waals surface area contributed by atoms with Gasteiger partial charge in [0, 0.05) is 18.7 Å². The molecule has 0 bridgehead atoms. The highest BCUT2D eigenvalue weighted by Crippen LogP contribution is 2.31. The fourth-order valence-electron chi connectivity index (χ4n) is 2.67. The van der Waals surface area contributed by atoms with E-state index in [0.29, 0.717) is 5.69 Å². The first-order valence-corrected chi connectivity index (χ1v) is 11.2. The van der Waals surface area contributed by atoms with Gasteiger partial charge in [-0.1, -0.05) is 36.0 Å². The average molecular weight is 448 g/mol. The number of amides is 2. The zero-order chi connectivity index (χ0) is 21.7. The topological polar surface area (TPSA) is 95.9 Å². The van der Waals surface area contributed by atoms with Crippen LogP contribution in [0.1, 0.15) is 6.42 Å². The summed E-state index contributed by atoms with van der Waals surface area (Å²) in [4.78, 5) is 26.0. The van der Waals surface area contributed by atoms with E-state index in [9.17, 15) is 22.4 Å². The quantitative estimate of drug-likeness (QED) is 0.659. The first-order valence-electron chi connectivity index (χ1n) is 8.84. The highest BCUT2D eigenvalue weighted by molar-refractivity contribution is 8.16. The van der Waals surface area contributed by atoms with Crippen molar-refractivity contribution < 1.29 is 22.4 Å². The molecule has 0 spiro atoms. The minimum Gasteiger partial charge on any atom is -0.326 e. The van der Waals surface area contributed by atoms with Gasteiger partial charge in [0.05, 0.1) is 4.90 Å². The Hall–Kier alpha value is -2.98. The molecule has 0 aliphatic carbocycles. The number of amidine groups is 1. The Bertz CT molecular complexity index is 1090. The molecule has 10 heteroatoms. The van der Waals surface area contributed by atoms with Gasteiger partial charge in [0.25, 0.3) is 10.0 Å². The lowest BCUT2D eigenvalue weighted by Crippen LogP contribution is -2.33. The van der Waals surface area contributed by atoms with Crippen LogP contribution in [-0.4, -0.2) is 42.1 Å². The summed E-state index contributed by atoms with van der Waals surface area (Å²) in [5, 5.41) is 1.82. The molecule has 1 N–H and O–H groups in total. The number of para-hydroxylation sites is 1. The molecule has 3 rings (SSSR count). The zero-order valence-electron chi connectivity index (χ0n) is 15.7. The Labute approximate surface area is 177 Å². The highest BCUT2D eigenvalue weighted by Gasteiger charge is 2.39. The molecule has 1 fully saturated rings. The third-order valence-corrected chi connectivity index (χ3v) is 6.64.